The summed E-state index contributed by atoms with van der Waals surface area (Å²) in [5.41, 5.74) is 6.39. The molecule has 5 rings (SSSR count). The Morgan fingerprint density at radius 3 is 2.15 bits per heavy atom. The Kier molecular flexibility index (Phi) is 8.18. The van der Waals surface area contributed by atoms with Crippen LogP contribution in [0.3, 0.4) is 0 Å². The van der Waals surface area contributed by atoms with Crippen molar-refractivity contribution in [3.8, 4) is 22.6 Å². The molecule has 0 aliphatic carbocycles. The first kappa shape index (κ1) is 26.0. The van der Waals surface area contributed by atoms with E-state index in [-0.39, 0.29) is 5.56 Å². The number of para-hydroxylation sites is 1. The molecule has 0 fully saturated rings. The van der Waals surface area contributed by atoms with Crippen LogP contribution in [-0.2, 0) is 26.0 Å². The second-order valence-corrected chi connectivity index (χ2v) is 9.51. The number of ether oxygens (including phenoxy) is 2. The van der Waals surface area contributed by atoms with Crippen LogP contribution in [0, 0.1) is 6.92 Å². The van der Waals surface area contributed by atoms with E-state index in [9.17, 15) is 4.79 Å². The fraction of sp³-hybridized carbons (Fsp3) is 0.176. The number of hydrogen-bond acceptors (Lipinski definition) is 4. The zero-order chi connectivity index (χ0) is 27.0. The molecule has 0 bridgehead atoms. The first-order chi connectivity index (χ1) is 19.1. The van der Waals surface area contributed by atoms with Crippen molar-refractivity contribution < 1.29 is 9.47 Å². The van der Waals surface area contributed by atoms with Crippen molar-refractivity contribution in [2.75, 3.05) is 7.11 Å². The highest BCUT2D eigenvalue weighted by Crippen LogP contribution is 2.34. The lowest BCUT2D eigenvalue weighted by atomic mass is 9.94. The third kappa shape index (κ3) is 6.27. The summed E-state index contributed by atoms with van der Waals surface area (Å²) >= 11 is 0. The topological polar surface area (TPSA) is 53.4 Å². The van der Waals surface area contributed by atoms with E-state index < -0.39 is 0 Å². The molecule has 39 heavy (non-hydrogen) atoms. The molecule has 0 aliphatic rings. The molecule has 0 saturated carbocycles. The van der Waals surface area contributed by atoms with Crippen molar-refractivity contribution in [2.24, 2.45) is 0 Å². The van der Waals surface area contributed by atoms with Gasteiger partial charge < -0.3 is 9.47 Å². The van der Waals surface area contributed by atoms with E-state index in [1.807, 2.05) is 104 Å². The SMILES string of the molecule is COc1cccc(Cn2nc(C)c(-c3ccccc3OCc3ccccc3)c(CCc3ccccc3)c2=O)c1. The van der Waals surface area contributed by atoms with Gasteiger partial charge in [0.25, 0.3) is 5.56 Å². The second-order valence-electron chi connectivity index (χ2n) is 9.51. The highest BCUT2D eigenvalue weighted by molar-refractivity contribution is 5.75. The number of aryl methyl sites for hydroxylation is 2. The van der Waals surface area contributed by atoms with Crippen LogP contribution in [-0.4, -0.2) is 16.9 Å². The van der Waals surface area contributed by atoms with Gasteiger partial charge in [-0.3, -0.25) is 4.79 Å². The summed E-state index contributed by atoms with van der Waals surface area (Å²) in [5, 5.41) is 4.78. The largest absolute Gasteiger partial charge is 0.497 e. The van der Waals surface area contributed by atoms with Crippen molar-refractivity contribution in [1.82, 2.24) is 9.78 Å². The lowest BCUT2D eigenvalue weighted by molar-refractivity contribution is 0.307. The Bertz CT molecular complexity index is 1590. The van der Waals surface area contributed by atoms with Gasteiger partial charge in [0.15, 0.2) is 0 Å². The zero-order valence-electron chi connectivity index (χ0n) is 22.3. The number of nitrogens with zero attached hydrogens (tertiary/aromatic N) is 2. The van der Waals surface area contributed by atoms with Gasteiger partial charge in [0.1, 0.15) is 18.1 Å². The molecule has 1 heterocycles. The van der Waals surface area contributed by atoms with Crippen LogP contribution >= 0.6 is 0 Å². The molecule has 0 atom stereocenters. The molecule has 5 nitrogen and oxygen atoms in total. The van der Waals surface area contributed by atoms with Crippen LogP contribution in [0.1, 0.15) is 27.9 Å². The third-order valence-electron chi connectivity index (χ3n) is 6.79. The van der Waals surface area contributed by atoms with E-state index in [2.05, 4.69) is 12.1 Å². The molecular weight excluding hydrogens is 484 g/mol. The summed E-state index contributed by atoms with van der Waals surface area (Å²) in [6, 6.07) is 36.0. The van der Waals surface area contributed by atoms with Gasteiger partial charge in [0.2, 0.25) is 0 Å². The van der Waals surface area contributed by atoms with Crippen LogP contribution in [0.4, 0.5) is 0 Å². The minimum absolute atomic E-state index is 0.0905. The van der Waals surface area contributed by atoms with E-state index >= 15 is 0 Å². The third-order valence-corrected chi connectivity index (χ3v) is 6.79. The average Bonchev–Trinajstić information content (AvgIpc) is 2.98. The summed E-state index contributed by atoms with van der Waals surface area (Å²) in [4.78, 5) is 14.0. The predicted octanol–water partition coefficient (Wildman–Crippen LogP) is 6.64. The molecule has 1 aromatic heterocycles. The number of rotatable bonds is 10. The van der Waals surface area contributed by atoms with Gasteiger partial charge in [0, 0.05) is 16.7 Å². The fourth-order valence-corrected chi connectivity index (χ4v) is 4.85. The van der Waals surface area contributed by atoms with E-state index in [0.29, 0.717) is 19.6 Å². The van der Waals surface area contributed by atoms with Crippen LogP contribution < -0.4 is 15.0 Å². The monoisotopic (exact) mass is 516 g/mol. The molecule has 0 amide bonds. The molecular formula is C34H32N2O3. The minimum atomic E-state index is -0.0905. The molecule has 0 unspecified atom stereocenters. The number of methoxy groups -OCH3 is 1. The quantitative estimate of drug-likeness (QED) is 0.209. The van der Waals surface area contributed by atoms with Crippen molar-refractivity contribution >= 4 is 0 Å². The molecule has 5 heteroatoms. The molecule has 0 radical (unpaired) electrons. The van der Waals surface area contributed by atoms with E-state index in [0.717, 1.165) is 51.4 Å². The molecule has 0 saturated heterocycles. The van der Waals surface area contributed by atoms with Crippen molar-refractivity contribution in [3.05, 3.63) is 147 Å². The number of aromatic nitrogens is 2. The van der Waals surface area contributed by atoms with Gasteiger partial charge in [-0.1, -0.05) is 91.0 Å². The second kappa shape index (κ2) is 12.3. The van der Waals surface area contributed by atoms with Crippen molar-refractivity contribution in [1.29, 1.82) is 0 Å². The predicted molar refractivity (Wildman–Crippen MR) is 155 cm³/mol. The Labute approximate surface area is 229 Å². The van der Waals surface area contributed by atoms with Gasteiger partial charge >= 0.3 is 0 Å². The van der Waals surface area contributed by atoms with E-state index in [4.69, 9.17) is 14.6 Å². The standard InChI is InChI=1S/C34H32N2O3/c1-25-33(30-18-9-10-19-32(30)39-24-27-14-7-4-8-15-27)31(21-20-26-12-5-3-6-13-26)34(37)36(35-25)23-28-16-11-17-29(22-28)38-2/h3-19,22H,20-21,23-24H2,1-2H3. The maximum absolute atomic E-state index is 14.0. The Balaban J connectivity index is 1.56. The summed E-state index contributed by atoms with van der Waals surface area (Å²) in [6.45, 7) is 2.77. The fourth-order valence-electron chi connectivity index (χ4n) is 4.85. The van der Waals surface area contributed by atoms with Gasteiger partial charge in [-0.2, -0.15) is 5.10 Å². The zero-order valence-corrected chi connectivity index (χ0v) is 22.3. The summed E-state index contributed by atoms with van der Waals surface area (Å²) in [7, 11) is 1.64. The number of benzene rings is 4. The lowest BCUT2D eigenvalue weighted by Crippen LogP contribution is -2.29. The molecule has 0 N–H and O–H groups in total. The average molecular weight is 517 g/mol. The first-order valence-electron chi connectivity index (χ1n) is 13.2. The summed E-state index contributed by atoms with van der Waals surface area (Å²) < 4.78 is 13.2. The normalized spacial score (nSPS) is 10.8. The Morgan fingerprint density at radius 2 is 1.41 bits per heavy atom. The lowest BCUT2D eigenvalue weighted by Gasteiger charge is -2.18. The number of hydrogen-bond donors (Lipinski definition) is 0. The van der Waals surface area contributed by atoms with Gasteiger partial charge in [-0.25, -0.2) is 4.68 Å². The smallest absolute Gasteiger partial charge is 0.270 e. The first-order valence-corrected chi connectivity index (χ1v) is 13.2. The maximum atomic E-state index is 14.0. The van der Waals surface area contributed by atoms with Crippen LogP contribution in [0.5, 0.6) is 11.5 Å². The van der Waals surface area contributed by atoms with Crippen LogP contribution in [0.15, 0.2) is 114 Å². The minimum Gasteiger partial charge on any atom is -0.497 e. The highest BCUT2D eigenvalue weighted by atomic mass is 16.5. The van der Waals surface area contributed by atoms with Crippen LogP contribution in [0.25, 0.3) is 11.1 Å². The maximum Gasteiger partial charge on any atom is 0.270 e. The molecule has 5 aromatic rings. The Hall–Kier alpha value is -4.64. The van der Waals surface area contributed by atoms with Gasteiger partial charge in [0.05, 0.1) is 19.3 Å². The molecule has 0 spiro atoms. The van der Waals surface area contributed by atoms with Gasteiger partial charge in [-0.05, 0) is 54.7 Å². The highest BCUT2D eigenvalue weighted by Gasteiger charge is 2.20. The van der Waals surface area contributed by atoms with Crippen molar-refractivity contribution in [3.63, 3.8) is 0 Å². The molecule has 196 valence electrons. The van der Waals surface area contributed by atoms with E-state index in [1.165, 1.54) is 5.56 Å². The molecule has 4 aromatic carbocycles. The van der Waals surface area contributed by atoms with Gasteiger partial charge in [-0.15, -0.1) is 0 Å². The van der Waals surface area contributed by atoms with Crippen molar-refractivity contribution in [2.45, 2.75) is 32.9 Å². The summed E-state index contributed by atoms with van der Waals surface area (Å²) in [6.07, 6.45) is 1.34. The molecule has 0 aliphatic heterocycles. The summed E-state index contributed by atoms with van der Waals surface area (Å²) in [5.74, 6) is 1.49. The Morgan fingerprint density at radius 1 is 0.744 bits per heavy atom. The van der Waals surface area contributed by atoms with E-state index in [1.54, 1.807) is 11.8 Å². The van der Waals surface area contributed by atoms with Crippen LogP contribution in [0.2, 0.25) is 0 Å².